The van der Waals surface area contributed by atoms with E-state index in [-0.39, 0.29) is 0 Å². The van der Waals surface area contributed by atoms with Gasteiger partial charge in [0.25, 0.3) is 0 Å². The maximum Gasteiger partial charge on any atom is 0.114 e. The monoisotopic (exact) mass is 129 g/mol. The summed E-state index contributed by atoms with van der Waals surface area (Å²) in [6.07, 6.45) is 3.25. The fourth-order valence-corrected chi connectivity index (χ4v) is 1.08. The van der Waals surface area contributed by atoms with Gasteiger partial charge in [-0.2, -0.15) is 0 Å². The predicted octanol–water partition coefficient (Wildman–Crippen LogP) is 0.0908. The zero-order valence-electron chi connectivity index (χ0n) is 5.59. The molecule has 0 atom stereocenters. The average Bonchev–Trinajstić information content (AvgIpc) is 2.05. The molecule has 0 radical (unpaired) electrons. The molecule has 1 aliphatic heterocycles. The molecule has 0 unspecified atom stereocenters. The van der Waals surface area contributed by atoms with Crippen LogP contribution in [0.2, 0.25) is 0 Å². The van der Waals surface area contributed by atoms with Crippen LogP contribution < -0.4 is 10.6 Å². The normalized spacial score (nSPS) is 14.0. The van der Waals surface area contributed by atoms with E-state index in [1.807, 2.05) is 12.1 Å². The van der Waals surface area contributed by atoms with Crippen molar-refractivity contribution in [2.24, 2.45) is 4.99 Å². The van der Waals surface area contributed by atoms with Crippen LogP contribution in [0.25, 0.3) is 6.08 Å². The van der Waals surface area contributed by atoms with Crippen LogP contribution in [0.5, 0.6) is 0 Å². The molecule has 48 valence electrons. The quantitative estimate of drug-likeness (QED) is 0.471. The first-order valence-corrected chi connectivity index (χ1v) is 3.40. The van der Waals surface area contributed by atoms with E-state index in [9.17, 15) is 0 Å². The highest BCUT2D eigenvalue weighted by Crippen LogP contribution is 1.83. The van der Waals surface area contributed by atoms with Gasteiger partial charge in [-0.05, 0) is 24.6 Å². The molecule has 0 N–H and O–H groups in total. The molecular weight excluding hydrogens is 122 g/mol. The van der Waals surface area contributed by atoms with Gasteiger partial charge in [-0.25, -0.2) is 0 Å². The van der Waals surface area contributed by atoms with Crippen molar-refractivity contribution in [2.75, 3.05) is 6.54 Å². The van der Waals surface area contributed by atoms with Crippen molar-refractivity contribution < 1.29 is 0 Å². The Kier molecular flexibility index (Phi) is 1.18. The lowest BCUT2D eigenvalue weighted by Crippen LogP contribution is -2.26. The molecule has 0 bridgehead atoms. The fraction of sp³-hybridized carbons (Fsp3) is 0.222. The molecule has 0 saturated carbocycles. The highest BCUT2D eigenvalue weighted by atomic mass is 14.7. The molecule has 0 saturated heterocycles. The molecule has 1 heterocycles. The van der Waals surface area contributed by atoms with Crippen LogP contribution in [0.1, 0.15) is 6.42 Å². The van der Waals surface area contributed by atoms with Crippen LogP contribution in [0.4, 0.5) is 0 Å². The maximum atomic E-state index is 4.27. The smallest absolute Gasteiger partial charge is 0.114 e. The second-order valence-corrected chi connectivity index (χ2v) is 2.28. The van der Waals surface area contributed by atoms with E-state index >= 15 is 0 Å². The average molecular weight is 129 g/mol. The molecule has 10 heavy (non-hydrogen) atoms. The minimum atomic E-state index is 0.904. The van der Waals surface area contributed by atoms with Crippen LogP contribution in [0.15, 0.2) is 17.1 Å². The number of nitrogens with zero attached hydrogens (tertiary/aromatic N) is 1. The van der Waals surface area contributed by atoms with Gasteiger partial charge < -0.3 is 0 Å². The van der Waals surface area contributed by atoms with Crippen LogP contribution >= 0.6 is 0 Å². The van der Waals surface area contributed by atoms with E-state index in [2.05, 4.69) is 23.2 Å². The van der Waals surface area contributed by atoms with E-state index in [1.165, 1.54) is 5.22 Å². The summed E-state index contributed by atoms with van der Waals surface area (Å²) in [5.74, 6) is 0. The Morgan fingerprint density at radius 1 is 1.50 bits per heavy atom. The van der Waals surface area contributed by atoms with E-state index in [0.29, 0.717) is 0 Å². The van der Waals surface area contributed by atoms with Crippen LogP contribution in [0, 0.1) is 12.1 Å². The largest absolute Gasteiger partial charge is 0.275 e. The van der Waals surface area contributed by atoms with Crippen molar-refractivity contribution in [3.05, 3.63) is 34.8 Å². The minimum Gasteiger partial charge on any atom is -0.275 e. The molecule has 0 aromatic heterocycles. The summed E-state index contributed by atoms with van der Waals surface area (Å²) >= 11 is 0. The Bertz CT molecular complexity index is 303. The van der Waals surface area contributed by atoms with E-state index < -0.39 is 0 Å². The van der Waals surface area contributed by atoms with Gasteiger partial charge in [0.05, 0.1) is 0 Å². The first kappa shape index (κ1) is 5.49. The second kappa shape index (κ2) is 2.15. The van der Waals surface area contributed by atoms with Crippen molar-refractivity contribution in [3.63, 3.8) is 0 Å². The fourth-order valence-electron chi connectivity index (χ4n) is 1.08. The summed E-state index contributed by atoms with van der Waals surface area (Å²) in [4.78, 5) is 4.27. The SMILES string of the molecule is c1ccc2c(c#1)=NCCC=2. The summed E-state index contributed by atoms with van der Waals surface area (Å²) < 4.78 is 0. The lowest BCUT2D eigenvalue weighted by molar-refractivity contribution is 0.961. The van der Waals surface area contributed by atoms with E-state index in [4.69, 9.17) is 0 Å². The van der Waals surface area contributed by atoms with E-state index in [0.717, 1.165) is 18.3 Å². The Hall–Kier alpha value is -1.29. The first-order valence-electron chi connectivity index (χ1n) is 3.40. The Morgan fingerprint density at radius 3 is 3.40 bits per heavy atom. The third-order valence-corrected chi connectivity index (χ3v) is 1.57. The molecule has 0 aliphatic carbocycles. The molecule has 1 aliphatic rings. The van der Waals surface area contributed by atoms with Gasteiger partial charge in [0, 0.05) is 11.8 Å². The van der Waals surface area contributed by atoms with Crippen molar-refractivity contribution in [1.29, 1.82) is 0 Å². The topological polar surface area (TPSA) is 12.4 Å². The highest BCUT2D eigenvalue weighted by Gasteiger charge is 1.89. The van der Waals surface area contributed by atoms with Crippen molar-refractivity contribution >= 4 is 6.08 Å². The predicted molar refractivity (Wildman–Crippen MR) is 38.8 cm³/mol. The summed E-state index contributed by atoms with van der Waals surface area (Å²) in [6.45, 7) is 0.904. The van der Waals surface area contributed by atoms with Gasteiger partial charge in [-0.3, -0.25) is 4.99 Å². The van der Waals surface area contributed by atoms with Crippen LogP contribution in [-0.4, -0.2) is 6.54 Å². The van der Waals surface area contributed by atoms with E-state index in [1.54, 1.807) is 0 Å². The summed E-state index contributed by atoms with van der Waals surface area (Å²) in [5, 5.41) is 2.17. The third kappa shape index (κ3) is 0.784. The van der Waals surface area contributed by atoms with Gasteiger partial charge in [0.2, 0.25) is 0 Å². The number of hydrogen-bond donors (Lipinski definition) is 0. The highest BCUT2D eigenvalue weighted by molar-refractivity contribution is 5.23. The molecular formula is C9H7N. The van der Waals surface area contributed by atoms with Gasteiger partial charge in [-0.1, -0.05) is 12.1 Å². The lowest BCUT2D eigenvalue weighted by Gasteiger charge is -1.93. The summed E-state index contributed by atoms with van der Waals surface area (Å²) in [6, 6.07) is 9.74. The minimum absolute atomic E-state index is 0.904. The molecule has 2 rings (SSSR count). The van der Waals surface area contributed by atoms with Gasteiger partial charge >= 0.3 is 0 Å². The van der Waals surface area contributed by atoms with Gasteiger partial charge in [0.1, 0.15) is 5.36 Å². The van der Waals surface area contributed by atoms with Crippen molar-refractivity contribution in [3.8, 4) is 0 Å². The number of hydrogen-bond acceptors (Lipinski definition) is 1. The Balaban J connectivity index is 2.84. The summed E-state index contributed by atoms with van der Waals surface area (Å²) in [7, 11) is 0. The molecule has 1 heteroatoms. The molecule has 1 aromatic carbocycles. The molecule has 1 aromatic rings. The summed E-state index contributed by atoms with van der Waals surface area (Å²) in [5.41, 5.74) is 0. The zero-order chi connectivity index (χ0) is 6.81. The van der Waals surface area contributed by atoms with Crippen LogP contribution in [0.3, 0.4) is 0 Å². The Morgan fingerprint density at radius 2 is 2.50 bits per heavy atom. The second-order valence-electron chi connectivity index (χ2n) is 2.28. The molecule has 0 amide bonds. The zero-order valence-corrected chi connectivity index (χ0v) is 5.59. The molecule has 1 nitrogen and oxygen atoms in total. The third-order valence-electron chi connectivity index (χ3n) is 1.57. The molecule has 0 fully saturated rings. The van der Waals surface area contributed by atoms with Crippen molar-refractivity contribution in [1.82, 2.24) is 0 Å². The Labute approximate surface area is 59.7 Å². The van der Waals surface area contributed by atoms with Gasteiger partial charge in [-0.15, -0.1) is 0 Å². The number of fused-ring (bicyclic) bond motifs is 1. The van der Waals surface area contributed by atoms with Crippen LogP contribution in [-0.2, 0) is 0 Å². The number of rotatable bonds is 0. The maximum absolute atomic E-state index is 4.27. The lowest BCUT2D eigenvalue weighted by atomic mass is 10.2. The standard InChI is InChI=1S/C9H7N/c1-2-6-9-8(4-1)5-3-7-10-9/h1,4-5H,3,7H2. The first-order chi connectivity index (χ1) is 4.97. The van der Waals surface area contributed by atoms with Crippen molar-refractivity contribution in [2.45, 2.75) is 6.42 Å². The van der Waals surface area contributed by atoms with Gasteiger partial charge in [0.15, 0.2) is 0 Å². The molecule has 0 spiro atoms.